The van der Waals surface area contributed by atoms with E-state index in [-0.39, 0.29) is 29.5 Å². The molecule has 10 heteroatoms. The molecule has 2 heterocycles. The van der Waals surface area contributed by atoms with E-state index in [1.807, 2.05) is 13.8 Å². The number of aromatic hydroxyl groups is 2. The minimum absolute atomic E-state index is 0.0139. The maximum Gasteiger partial charge on any atom is 0.407 e. The van der Waals surface area contributed by atoms with Gasteiger partial charge in [0.1, 0.15) is 29.4 Å². The topological polar surface area (TPSA) is 87.1 Å². The van der Waals surface area contributed by atoms with Gasteiger partial charge in [0.05, 0.1) is 11.8 Å². The normalized spacial score (nSPS) is 21.1. The van der Waals surface area contributed by atoms with Crippen LogP contribution in [0.1, 0.15) is 42.9 Å². The van der Waals surface area contributed by atoms with Crippen LogP contribution in [-0.4, -0.2) is 48.8 Å². The molecule has 39 heavy (non-hydrogen) atoms. The van der Waals surface area contributed by atoms with Crippen LogP contribution in [0.4, 0.5) is 18.9 Å². The molecule has 0 aromatic heterocycles. The fourth-order valence-corrected chi connectivity index (χ4v) is 7.32. The molecule has 5 rings (SSSR count). The third-order valence-corrected chi connectivity index (χ3v) is 9.37. The summed E-state index contributed by atoms with van der Waals surface area (Å²) >= 11 is 0. The molecule has 2 aliphatic heterocycles. The van der Waals surface area contributed by atoms with Crippen molar-refractivity contribution in [2.24, 2.45) is 0 Å². The van der Waals surface area contributed by atoms with Crippen LogP contribution in [0.3, 0.4) is 0 Å². The molecule has 206 valence electrons. The smallest absolute Gasteiger partial charge is 0.407 e. The number of ether oxygens (including phenoxy) is 1. The first-order valence-corrected chi connectivity index (χ1v) is 14.0. The highest BCUT2D eigenvalue weighted by Crippen LogP contribution is 2.51. The highest BCUT2D eigenvalue weighted by atomic mass is 32.2. The second kappa shape index (κ2) is 9.91. The van der Waals surface area contributed by atoms with Gasteiger partial charge in [-0.05, 0) is 76.6 Å². The Morgan fingerprint density at radius 1 is 0.872 bits per heavy atom. The molecule has 2 bridgehead atoms. The van der Waals surface area contributed by atoms with E-state index in [1.54, 1.807) is 36.4 Å². The Kier molecular flexibility index (Phi) is 6.88. The summed E-state index contributed by atoms with van der Waals surface area (Å²) in [6.07, 6.45) is -6.50. The van der Waals surface area contributed by atoms with Crippen LogP contribution in [0.25, 0.3) is 11.1 Å². The van der Waals surface area contributed by atoms with Gasteiger partial charge in [-0.3, -0.25) is 4.31 Å². The molecule has 0 radical (unpaired) electrons. The van der Waals surface area contributed by atoms with Crippen molar-refractivity contribution in [2.45, 2.75) is 49.8 Å². The van der Waals surface area contributed by atoms with E-state index in [1.165, 1.54) is 36.4 Å². The summed E-state index contributed by atoms with van der Waals surface area (Å²) < 4.78 is 75.7. The van der Waals surface area contributed by atoms with Gasteiger partial charge in [0.25, 0.3) is 0 Å². The average molecular weight is 560 g/mol. The number of benzene rings is 3. The van der Waals surface area contributed by atoms with Gasteiger partial charge < -0.3 is 14.9 Å². The third-order valence-electron chi connectivity index (χ3n) is 7.21. The fraction of sp³-hybridized carbons (Fsp3) is 0.310. The lowest BCUT2D eigenvalue weighted by atomic mass is 9.83. The molecule has 3 aromatic rings. The molecular weight excluding hydrogens is 531 g/mol. The van der Waals surface area contributed by atoms with Crippen LogP contribution in [-0.2, 0) is 14.8 Å². The van der Waals surface area contributed by atoms with Crippen LogP contribution in [0.15, 0.2) is 72.8 Å². The van der Waals surface area contributed by atoms with E-state index in [2.05, 4.69) is 0 Å². The van der Waals surface area contributed by atoms with Gasteiger partial charge in [-0.1, -0.05) is 50.2 Å². The van der Waals surface area contributed by atoms with E-state index in [0.717, 1.165) is 5.56 Å². The Morgan fingerprint density at radius 2 is 1.38 bits per heavy atom. The van der Waals surface area contributed by atoms with E-state index in [4.69, 9.17) is 4.74 Å². The number of hydrogen-bond acceptors (Lipinski definition) is 5. The predicted molar refractivity (Wildman–Crippen MR) is 143 cm³/mol. The van der Waals surface area contributed by atoms with Gasteiger partial charge >= 0.3 is 6.18 Å². The fourth-order valence-electron chi connectivity index (χ4n) is 5.32. The van der Waals surface area contributed by atoms with Crippen molar-refractivity contribution in [3.63, 3.8) is 0 Å². The van der Waals surface area contributed by atoms with E-state index in [0.29, 0.717) is 26.6 Å². The summed E-state index contributed by atoms with van der Waals surface area (Å²) in [7, 11) is -4.55. The summed E-state index contributed by atoms with van der Waals surface area (Å²) in [6, 6.07) is 18.6. The van der Waals surface area contributed by atoms with Crippen molar-refractivity contribution >= 4 is 26.9 Å². The van der Waals surface area contributed by atoms with Gasteiger partial charge in [0, 0.05) is 0 Å². The van der Waals surface area contributed by atoms with Crippen molar-refractivity contribution < 1.29 is 36.5 Å². The molecular formula is C29H28F3NO5S. The molecule has 3 unspecified atom stereocenters. The zero-order valence-corrected chi connectivity index (χ0v) is 22.1. The van der Waals surface area contributed by atoms with Crippen LogP contribution in [0.2, 0.25) is 0 Å². The second-order valence-corrected chi connectivity index (χ2v) is 12.2. The lowest BCUT2D eigenvalue weighted by molar-refractivity contribution is -0.117. The number of alkyl halides is 3. The first kappa shape index (κ1) is 27.1. The zero-order chi connectivity index (χ0) is 28.1. The number of anilines is 1. The quantitative estimate of drug-likeness (QED) is 0.367. The minimum atomic E-state index is -4.77. The number of phenols is 2. The van der Waals surface area contributed by atoms with Gasteiger partial charge in [-0.2, -0.15) is 13.2 Å². The SMILES string of the molecule is CC(C)c1ccc(N(CC(F)(F)F)S(=O)(=O)C2CC3OC2C(c2ccc(O)cc2)=C3c2ccc(O)cc2)cc1. The molecule has 1 fully saturated rings. The first-order chi connectivity index (χ1) is 18.3. The van der Waals surface area contributed by atoms with Gasteiger partial charge in [-0.25, -0.2) is 8.42 Å². The molecule has 0 aliphatic carbocycles. The van der Waals surface area contributed by atoms with Crippen molar-refractivity contribution in [2.75, 3.05) is 10.8 Å². The number of nitrogens with zero attached hydrogens (tertiary/aromatic N) is 1. The number of phenolic OH excluding ortho intramolecular Hbond substituents is 2. The molecule has 2 N–H and O–H groups in total. The Bertz CT molecular complexity index is 1480. The highest BCUT2D eigenvalue weighted by Gasteiger charge is 2.55. The molecule has 6 nitrogen and oxygen atoms in total. The molecule has 3 aromatic carbocycles. The lowest BCUT2D eigenvalue weighted by Gasteiger charge is -2.32. The first-order valence-electron chi connectivity index (χ1n) is 12.5. The number of fused-ring (bicyclic) bond motifs is 2. The molecule has 2 aliphatic rings. The van der Waals surface area contributed by atoms with Crippen LogP contribution >= 0.6 is 0 Å². The Morgan fingerprint density at radius 3 is 1.87 bits per heavy atom. The van der Waals surface area contributed by atoms with Crippen molar-refractivity contribution in [3.05, 3.63) is 89.5 Å². The van der Waals surface area contributed by atoms with Crippen molar-refractivity contribution in [1.82, 2.24) is 0 Å². The van der Waals surface area contributed by atoms with Crippen LogP contribution in [0.5, 0.6) is 11.5 Å². The van der Waals surface area contributed by atoms with E-state index in [9.17, 15) is 31.8 Å². The maximum absolute atomic E-state index is 14.0. The maximum atomic E-state index is 14.0. The predicted octanol–water partition coefficient (Wildman–Crippen LogP) is 6.07. The number of hydrogen-bond donors (Lipinski definition) is 2. The van der Waals surface area contributed by atoms with Crippen molar-refractivity contribution in [3.8, 4) is 11.5 Å². The summed E-state index contributed by atoms with van der Waals surface area (Å²) in [5, 5.41) is 18.3. The molecule has 0 amide bonds. The monoisotopic (exact) mass is 559 g/mol. The number of rotatable bonds is 7. The molecule has 0 saturated carbocycles. The van der Waals surface area contributed by atoms with Crippen molar-refractivity contribution in [1.29, 1.82) is 0 Å². The number of sulfonamides is 1. The molecule has 3 atom stereocenters. The second-order valence-electron chi connectivity index (χ2n) is 10.2. The summed E-state index contributed by atoms with van der Waals surface area (Å²) in [5.74, 6) is 0.198. The summed E-state index contributed by atoms with van der Waals surface area (Å²) in [5.41, 5.74) is 3.35. The number of halogens is 3. The van der Waals surface area contributed by atoms with E-state index < -0.39 is 40.2 Å². The third kappa shape index (κ3) is 5.23. The highest BCUT2D eigenvalue weighted by molar-refractivity contribution is 7.93. The Hall–Kier alpha value is -3.50. The summed E-state index contributed by atoms with van der Waals surface area (Å²) in [4.78, 5) is 0. The Labute approximate surface area is 225 Å². The van der Waals surface area contributed by atoms with Crippen LogP contribution < -0.4 is 4.31 Å². The van der Waals surface area contributed by atoms with Crippen LogP contribution in [0, 0.1) is 0 Å². The average Bonchev–Trinajstić information content (AvgIpc) is 3.48. The minimum Gasteiger partial charge on any atom is -0.508 e. The van der Waals surface area contributed by atoms with Gasteiger partial charge in [0.15, 0.2) is 0 Å². The Balaban J connectivity index is 1.59. The van der Waals surface area contributed by atoms with E-state index >= 15 is 0 Å². The summed E-state index contributed by atoms with van der Waals surface area (Å²) in [6.45, 7) is 2.22. The van der Waals surface area contributed by atoms with Gasteiger partial charge in [0.2, 0.25) is 10.0 Å². The van der Waals surface area contributed by atoms with Gasteiger partial charge in [-0.15, -0.1) is 0 Å². The molecule has 1 saturated heterocycles. The lowest BCUT2D eigenvalue weighted by Crippen LogP contribution is -2.47. The standard InChI is InChI=1S/C29H28F3NO5S/c1-17(2)18-3-9-21(10-4-18)33(16-29(30,31)32)39(36,37)25-15-24-26(19-5-11-22(34)12-6-19)27(28(25)38-24)20-7-13-23(35)14-8-20/h3-14,17,24-25,28,34-35H,15-16H2,1-2H3. The largest absolute Gasteiger partial charge is 0.508 e. The molecule has 0 spiro atoms. The zero-order valence-electron chi connectivity index (χ0n) is 21.3.